The van der Waals surface area contributed by atoms with Crippen LogP contribution in [0.25, 0.3) is 10.9 Å². The van der Waals surface area contributed by atoms with Crippen molar-refractivity contribution in [2.24, 2.45) is 5.73 Å². The molecule has 1 amide bonds. The molecule has 0 saturated carbocycles. The Morgan fingerprint density at radius 2 is 1.86 bits per heavy atom. The first kappa shape index (κ1) is 20.5. The van der Waals surface area contributed by atoms with Crippen LogP contribution in [0, 0.1) is 0 Å². The molecule has 0 bridgehead atoms. The monoisotopic (exact) mass is 438 g/mol. The molecule has 28 heavy (non-hydrogen) atoms. The fourth-order valence-electron chi connectivity index (χ4n) is 3.22. The van der Waals surface area contributed by atoms with Gasteiger partial charge in [0.05, 0.1) is 34.2 Å². The number of halogens is 3. The average Bonchev–Trinajstić information content (AvgIpc) is 2.99. The highest BCUT2D eigenvalue weighted by Crippen LogP contribution is 2.37. The summed E-state index contributed by atoms with van der Waals surface area (Å²) in [6.45, 7) is 1.85. The van der Waals surface area contributed by atoms with Crippen LogP contribution >= 0.6 is 34.8 Å². The van der Waals surface area contributed by atoms with Crippen molar-refractivity contribution in [3.05, 3.63) is 62.7 Å². The summed E-state index contributed by atoms with van der Waals surface area (Å²) < 4.78 is 6.70. The van der Waals surface area contributed by atoms with Crippen molar-refractivity contribution in [1.29, 1.82) is 0 Å². The Morgan fingerprint density at radius 3 is 2.43 bits per heavy atom. The zero-order valence-electron chi connectivity index (χ0n) is 15.1. The number of nitrogens with zero attached hydrogens (tertiary/aromatic N) is 1. The van der Waals surface area contributed by atoms with E-state index in [1.807, 2.05) is 6.92 Å². The minimum Gasteiger partial charge on any atom is -0.495 e. The van der Waals surface area contributed by atoms with E-state index >= 15 is 0 Å². The molecular formula is C20H17Cl3N2O3. The fourth-order valence-corrected chi connectivity index (χ4v) is 3.95. The van der Waals surface area contributed by atoms with Gasteiger partial charge in [0.15, 0.2) is 0 Å². The zero-order chi connectivity index (χ0) is 20.6. The summed E-state index contributed by atoms with van der Waals surface area (Å²) in [6, 6.07) is 7.95. The number of primary amides is 1. The van der Waals surface area contributed by atoms with Gasteiger partial charge in [-0.3, -0.25) is 14.2 Å². The van der Waals surface area contributed by atoms with E-state index in [-0.39, 0.29) is 16.5 Å². The van der Waals surface area contributed by atoms with Crippen molar-refractivity contribution in [2.45, 2.75) is 19.3 Å². The summed E-state index contributed by atoms with van der Waals surface area (Å²) in [4.78, 5) is 25.2. The lowest BCUT2D eigenvalue weighted by molar-refractivity contribution is -0.119. The molecule has 0 spiro atoms. The molecule has 2 N–H and O–H groups in total. The van der Waals surface area contributed by atoms with Crippen LogP contribution < -0.4 is 10.5 Å². The first-order chi connectivity index (χ1) is 13.3. The standard InChI is InChI=1S/C20H17Cl3N2O3/c1-3-11(19(24)26)14-9-25(17-8-16(23)18(28-2)7-13(14)17)20(27)12-5-4-10(21)6-15(12)22/h4-9,11H,3H2,1-2H3,(H2,24,26). The van der Waals surface area contributed by atoms with Crippen LogP contribution in [0.1, 0.15) is 35.2 Å². The van der Waals surface area contributed by atoms with Crippen molar-refractivity contribution in [1.82, 2.24) is 4.57 Å². The average molecular weight is 440 g/mol. The highest BCUT2D eigenvalue weighted by molar-refractivity contribution is 6.37. The van der Waals surface area contributed by atoms with Crippen LogP contribution in [0.2, 0.25) is 15.1 Å². The number of carbonyl (C=O) groups excluding carboxylic acids is 2. The molecule has 0 aliphatic heterocycles. The number of ether oxygens (including phenoxy) is 1. The molecule has 2 aromatic carbocycles. The Balaban J connectivity index is 2.29. The van der Waals surface area contributed by atoms with Crippen LogP contribution in [0.3, 0.4) is 0 Å². The van der Waals surface area contributed by atoms with E-state index in [9.17, 15) is 9.59 Å². The summed E-state index contributed by atoms with van der Waals surface area (Å²) >= 11 is 18.4. The molecule has 1 heterocycles. The van der Waals surface area contributed by atoms with Crippen LogP contribution in [0.4, 0.5) is 0 Å². The molecule has 3 aromatic rings. The Kier molecular flexibility index (Phi) is 5.89. The molecule has 1 unspecified atom stereocenters. The Hall–Kier alpha value is -2.21. The van der Waals surface area contributed by atoms with Crippen LogP contribution in [-0.4, -0.2) is 23.5 Å². The number of nitrogens with two attached hydrogens (primary N) is 1. The van der Waals surface area contributed by atoms with Gasteiger partial charge in [-0.15, -0.1) is 0 Å². The molecule has 0 aliphatic carbocycles. The third-order valence-corrected chi connectivity index (χ3v) is 5.46. The summed E-state index contributed by atoms with van der Waals surface area (Å²) in [5, 5.41) is 1.64. The van der Waals surface area contributed by atoms with Gasteiger partial charge in [-0.2, -0.15) is 0 Å². The highest BCUT2D eigenvalue weighted by Gasteiger charge is 2.25. The maximum Gasteiger partial charge on any atom is 0.263 e. The van der Waals surface area contributed by atoms with E-state index in [2.05, 4.69) is 0 Å². The van der Waals surface area contributed by atoms with Crippen LogP contribution in [0.15, 0.2) is 36.5 Å². The molecule has 5 nitrogen and oxygen atoms in total. The molecule has 1 aromatic heterocycles. The van der Waals surface area contributed by atoms with Crippen molar-refractivity contribution < 1.29 is 14.3 Å². The summed E-state index contributed by atoms with van der Waals surface area (Å²) in [5.41, 5.74) is 7.00. The maximum atomic E-state index is 13.2. The second-order valence-electron chi connectivity index (χ2n) is 6.25. The van der Waals surface area contributed by atoms with Crippen LogP contribution in [-0.2, 0) is 4.79 Å². The lowest BCUT2D eigenvalue weighted by Crippen LogP contribution is -2.20. The second-order valence-corrected chi connectivity index (χ2v) is 7.50. The quantitative estimate of drug-likeness (QED) is 0.588. The number of hydrogen-bond donors (Lipinski definition) is 1. The Labute approximate surface area is 176 Å². The van der Waals surface area contributed by atoms with Gasteiger partial charge in [0.2, 0.25) is 5.91 Å². The van der Waals surface area contributed by atoms with E-state index in [1.165, 1.54) is 17.7 Å². The second kappa shape index (κ2) is 8.03. The number of fused-ring (bicyclic) bond motifs is 1. The van der Waals surface area contributed by atoms with Crippen molar-refractivity contribution >= 4 is 57.5 Å². The fraction of sp³-hybridized carbons (Fsp3) is 0.200. The number of amides is 1. The summed E-state index contributed by atoms with van der Waals surface area (Å²) in [5.74, 6) is -0.987. The number of methoxy groups -OCH3 is 1. The number of benzene rings is 2. The maximum absolute atomic E-state index is 13.2. The third kappa shape index (κ3) is 3.58. The number of aromatic nitrogens is 1. The highest BCUT2D eigenvalue weighted by atomic mass is 35.5. The van der Waals surface area contributed by atoms with E-state index in [0.717, 1.165) is 0 Å². The van der Waals surface area contributed by atoms with Crippen molar-refractivity contribution in [3.8, 4) is 5.75 Å². The van der Waals surface area contributed by atoms with Gasteiger partial charge in [0, 0.05) is 16.6 Å². The van der Waals surface area contributed by atoms with Gasteiger partial charge in [0.1, 0.15) is 5.75 Å². The van der Waals surface area contributed by atoms with Crippen molar-refractivity contribution in [2.75, 3.05) is 7.11 Å². The van der Waals surface area contributed by atoms with Gasteiger partial charge in [-0.1, -0.05) is 41.7 Å². The SMILES string of the molecule is CCC(C(N)=O)c1cn(C(=O)c2ccc(Cl)cc2Cl)c2cc(Cl)c(OC)cc12. The number of carbonyl (C=O) groups is 2. The molecule has 146 valence electrons. The minimum absolute atomic E-state index is 0.224. The van der Waals surface area contributed by atoms with Gasteiger partial charge < -0.3 is 10.5 Å². The normalized spacial score (nSPS) is 12.2. The lowest BCUT2D eigenvalue weighted by Gasteiger charge is -2.10. The van der Waals surface area contributed by atoms with Gasteiger partial charge in [-0.25, -0.2) is 0 Å². The van der Waals surface area contributed by atoms with Gasteiger partial charge >= 0.3 is 0 Å². The van der Waals surface area contributed by atoms with Gasteiger partial charge in [-0.05, 0) is 42.3 Å². The van der Waals surface area contributed by atoms with Crippen molar-refractivity contribution in [3.63, 3.8) is 0 Å². The molecule has 0 radical (unpaired) electrons. The molecule has 0 aliphatic rings. The molecule has 1 atom stereocenters. The van der Waals surface area contributed by atoms with E-state index in [0.29, 0.717) is 38.7 Å². The smallest absolute Gasteiger partial charge is 0.263 e. The third-order valence-electron chi connectivity index (χ3n) is 4.62. The molecule has 3 rings (SSSR count). The van der Waals surface area contributed by atoms with Gasteiger partial charge in [0.25, 0.3) is 5.91 Å². The lowest BCUT2D eigenvalue weighted by atomic mass is 9.95. The molecule has 8 heteroatoms. The predicted molar refractivity (Wildman–Crippen MR) is 112 cm³/mol. The molecule has 0 saturated heterocycles. The number of rotatable bonds is 5. The Morgan fingerprint density at radius 1 is 1.14 bits per heavy atom. The summed E-state index contributed by atoms with van der Waals surface area (Å²) in [7, 11) is 1.49. The first-order valence-corrected chi connectivity index (χ1v) is 9.59. The molecule has 0 fully saturated rings. The van der Waals surface area contributed by atoms with E-state index in [4.69, 9.17) is 45.3 Å². The molecular weight excluding hydrogens is 423 g/mol. The van der Waals surface area contributed by atoms with E-state index < -0.39 is 11.8 Å². The summed E-state index contributed by atoms with van der Waals surface area (Å²) in [6.07, 6.45) is 2.09. The number of hydrogen-bond acceptors (Lipinski definition) is 3. The predicted octanol–water partition coefficient (Wildman–Crippen LogP) is 5.28. The zero-order valence-corrected chi connectivity index (χ0v) is 17.4. The first-order valence-electron chi connectivity index (χ1n) is 8.46. The topological polar surface area (TPSA) is 74.3 Å². The largest absolute Gasteiger partial charge is 0.495 e. The van der Waals surface area contributed by atoms with E-state index in [1.54, 1.807) is 30.5 Å². The minimum atomic E-state index is -0.567. The Bertz CT molecular complexity index is 1090. The van der Waals surface area contributed by atoms with Crippen LogP contribution in [0.5, 0.6) is 5.75 Å².